The number of nitrogens with zero attached hydrogens (tertiary/aromatic N) is 13. The van der Waals surface area contributed by atoms with Gasteiger partial charge in [0.05, 0.1) is 95.1 Å². The molecular weight excluding hydrogens is 1750 g/mol. The third-order valence-corrected chi connectivity index (χ3v) is 26.4. The number of amides is 4. The van der Waals surface area contributed by atoms with Gasteiger partial charge in [-0.1, -0.05) is 82.4 Å². The number of esters is 1. The molecule has 734 valence electrons. The van der Waals surface area contributed by atoms with Crippen LogP contribution in [0.1, 0.15) is 158 Å². The fourth-order valence-corrected chi connectivity index (χ4v) is 18.4. The third kappa shape index (κ3) is 26.6. The summed E-state index contributed by atoms with van der Waals surface area (Å²) in [6, 6.07) is 9.60. The van der Waals surface area contributed by atoms with Crippen LogP contribution in [0, 0.1) is 29.6 Å². The smallest absolute Gasteiger partial charge is 0.407 e. The number of oxazole rings is 1. The van der Waals surface area contributed by atoms with Crippen molar-refractivity contribution in [1.29, 1.82) is 0 Å². The van der Waals surface area contributed by atoms with E-state index in [9.17, 15) is 53.7 Å². The van der Waals surface area contributed by atoms with Gasteiger partial charge in [-0.05, 0) is 142 Å². The summed E-state index contributed by atoms with van der Waals surface area (Å²) in [5.41, 5.74) is 27.6. The molecular formula is C97H130N18O21. The first kappa shape index (κ1) is 102. The average Bonchev–Trinajstić information content (AvgIpc) is 1.62. The van der Waals surface area contributed by atoms with Gasteiger partial charge in [0.1, 0.15) is 59.6 Å². The molecule has 7 aromatic rings. The van der Waals surface area contributed by atoms with Crippen LogP contribution in [0.2, 0.25) is 0 Å². The molecule has 6 aliphatic rings. The minimum Gasteiger partial charge on any atom is -0.459 e. The van der Waals surface area contributed by atoms with Gasteiger partial charge in [-0.25, -0.2) is 44.2 Å². The van der Waals surface area contributed by atoms with E-state index < -0.39 is 120 Å². The molecule has 15 atom stereocenters. The number of hydrogen-bond donors (Lipinski definition) is 8. The van der Waals surface area contributed by atoms with Gasteiger partial charge in [0, 0.05) is 146 Å². The summed E-state index contributed by atoms with van der Waals surface area (Å²) in [5.74, 6) is -8.44. The van der Waals surface area contributed by atoms with Gasteiger partial charge < -0.3 is 110 Å². The van der Waals surface area contributed by atoms with E-state index >= 15 is 0 Å². The number of anilines is 4. The topological polar surface area (TPSA) is 517 Å². The van der Waals surface area contributed by atoms with Gasteiger partial charge in [-0.15, -0.1) is 0 Å². The number of aromatic nitrogens is 9. The molecule has 136 heavy (non-hydrogen) atoms. The predicted molar refractivity (Wildman–Crippen MR) is 501 cm³/mol. The van der Waals surface area contributed by atoms with Crippen LogP contribution < -0.4 is 37.6 Å². The van der Waals surface area contributed by atoms with Crippen molar-refractivity contribution < 1.29 is 101 Å². The SMILES string of the molecule is CO[C@H]1C[C@@H]2CC[C@@H](C)[C@@](O)(O2)C(=O)C(=O)N2CCCC[C@H]2C(=O)O[C@H]([C@H](N)C[C@@H]2CC[C@@H](OC(=O)NCc3cnc(N4CCN(c5ncc(C(=O)NCCOCCOCCOCCOCCC(=O)N6CCc7cc(Cn8nc(-c9ccc%10oc(N)nc%10c9)c9c(N)ncnc98)ccc7C6)cn5)CC4)nc3)[C@H](OC)C2)CC(=O)[C@H](C)/C=C(\C)[C@@H](O)[C@@H](O)C(=O)[C@H](C)C[C@H](C)/C=C/C=C/C=C/1C. The van der Waals surface area contributed by atoms with Gasteiger partial charge in [-0.2, -0.15) is 10.1 Å². The maximum absolute atomic E-state index is 14.7. The number of fused-ring (bicyclic) bond motifs is 6. The number of Topliss-reactive ketones (excluding diaryl/α,β-unsaturated/α-hetero) is 3. The molecule has 0 unspecified atom stereocenters. The monoisotopic (exact) mass is 1880 g/mol. The predicted octanol–water partition coefficient (Wildman–Crippen LogP) is 6.99. The first-order valence-electron chi connectivity index (χ1n) is 47.1. The number of nitrogens with two attached hydrogens (primary N) is 3. The molecule has 2 aromatic carbocycles. The Bertz CT molecular complexity index is 5390. The van der Waals surface area contributed by atoms with E-state index in [-0.39, 0.29) is 93.8 Å². The number of alkyl carbamates (subject to hydrolysis) is 1. The van der Waals surface area contributed by atoms with Crippen molar-refractivity contribution in [2.24, 2.45) is 35.3 Å². The Morgan fingerprint density at radius 3 is 2.12 bits per heavy atom. The van der Waals surface area contributed by atoms with Crippen molar-refractivity contribution >= 4 is 93.0 Å². The Kier molecular flexibility index (Phi) is 36.3. The lowest BCUT2D eigenvalue weighted by molar-refractivity contribution is -0.265. The molecule has 4 amide bonds. The highest BCUT2D eigenvalue weighted by Crippen LogP contribution is 2.40. The maximum Gasteiger partial charge on any atom is 0.407 e. The number of ketones is 3. The summed E-state index contributed by atoms with van der Waals surface area (Å²) in [4.78, 5) is 150. The highest BCUT2D eigenvalue weighted by atomic mass is 16.6. The Labute approximate surface area is 790 Å². The standard InChI is InChI=1S/C97H130N18O21/c1-58-14-10-9-11-15-59(2)78(127-7)48-71-22-17-63(6)97(126,136-71)87(121)91(123)114-28-13-12-16-74(114)92(124)133-79(49-75(116)60(3)43-62(5)85(119)86(120)84(118)61(4)42-58)72(98)45-64-19-23-77(80(46-64)128-8)135-96(125)106-52-66-50-102-94(103-51-66)111-30-32-112(33-31-111)95-104-53-70(54-105-95)90(122)101-27-35-130-37-39-132-41-40-131-38-36-129-34-26-81(117)113-29-25-67-44-65(18-20-69(67)56-113)55-115-89-82(88(99)107-57-108-89)83(110-115)68-21-24-76-73(47-68)109-93(100)134-76/h9-11,14-15,18,20-21,24,43-44,47,50-51,53-54,57-58,60-61,63-64,71-72,74,77-80,85-86,119-120,126H,12-13,16-17,19,22-23,25-42,45-46,48-49,52,55-56,98H2,1-8H3,(H2,100,109)(H,101,122)(H,106,125)(H2,99,107,108)/b11-9+,14-10+,59-15+,62-43+/t58-,60-,61-,63-,64+,71+,72-,74+,77-,78+,79+,80-,85-,86+,97-/m1/s1. The van der Waals surface area contributed by atoms with Crippen LogP contribution in [0.3, 0.4) is 0 Å². The molecule has 39 heteroatoms. The highest BCUT2D eigenvalue weighted by Gasteiger charge is 2.53. The van der Waals surface area contributed by atoms with Crippen LogP contribution >= 0.6 is 0 Å². The molecule has 4 fully saturated rings. The molecule has 1 saturated carbocycles. The van der Waals surface area contributed by atoms with E-state index in [1.54, 1.807) is 46.3 Å². The van der Waals surface area contributed by atoms with Crippen LogP contribution in [0.4, 0.5) is 28.5 Å². The van der Waals surface area contributed by atoms with E-state index in [1.807, 2.05) is 81.8 Å². The number of cyclic esters (lactones) is 1. The number of carbonyl (C=O) groups excluding carboxylic acids is 8. The van der Waals surface area contributed by atoms with Crippen LogP contribution in [-0.2, 0) is 97.5 Å². The molecule has 5 aromatic heterocycles. The lowest BCUT2D eigenvalue weighted by Crippen LogP contribution is -2.61. The number of ether oxygens (including phenoxy) is 9. The van der Waals surface area contributed by atoms with Crippen molar-refractivity contribution in [2.45, 2.75) is 212 Å². The number of methoxy groups -OCH3 is 2. The number of nitrogen functional groups attached to an aromatic ring is 2. The molecule has 39 nitrogen and oxygen atoms in total. The molecule has 5 aliphatic heterocycles. The molecule has 10 heterocycles. The Morgan fingerprint density at radius 2 is 1.40 bits per heavy atom. The number of benzene rings is 2. The van der Waals surface area contributed by atoms with Gasteiger partial charge in [0.15, 0.2) is 17.0 Å². The lowest BCUT2D eigenvalue weighted by atomic mass is 9.80. The van der Waals surface area contributed by atoms with E-state index in [0.29, 0.717) is 200 Å². The zero-order chi connectivity index (χ0) is 96.7. The van der Waals surface area contributed by atoms with E-state index in [2.05, 4.69) is 57.7 Å². The van der Waals surface area contributed by atoms with E-state index in [1.165, 1.54) is 44.4 Å². The fourth-order valence-electron chi connectivity index (χ4n) is 18.4. The summed E-state index contributed by atoms with van der Waals surface area (Å²) in [6.07, 6.45) is 15.1. The van der Waals surface area contributed by atoms with Crippen LogP contribution in [-0.4, -0.2) is 290 Å². The van der Waals surface area contributed by atoms with Gasteiger partial charge >= 0.3 is 12.1 Å². The highest BCUT2D eigenvalue weighted by molar-refractivity contribution is 6.39. The van der Waals surface area contributed by atoms with Crippen molar-refractivity contribution in [2.75, 3.05) is 134 Å². The van der Waals surface area contributed by atoms with Crippen molar-refractivity contribution in [1.82, 2.24) is 65.1 Å². The second kappa shape index (κ2) is 48.5. The molecule has 3 saturated heterocycles. The molecule has 13 rings (SSSR count). The van der Waals surface area contributed by atoms with Crippen molar-refractivity contribution in [3.8, 4) is 11.3 Å². The summed E-state index contributed by atoms with van der Waals surface area (Å²) in [7, 11) is 3.06. The van der Waals surface area contributed by atoms with E-state index in [0.717, 1.165) is 27.2 Å². The lowest BCUT2D eigenvalue weighted by Gasteiger charge is -2.42. The average molecular weight is 1880 g/mol. The number of piperazine rings is 1. The first-order chi connectivity index (χ1) is 65.5. The molecule has 0 spiro atoms. The zero-order valence-electron chi connectivity index (χ0n) is 78.8. The van der Waals surface area contributed by atoms with Crippen molar-refractivity contribution in [3.05, 3.63) is 143 Å². The minimum atomic E-state index is -2.52. The molecule has 11 N–H and O–H groups in total. The molecule has 1 aliphatic carbocycles. The second-order valence-electron chi connectivity index (χ2n) is 36.3. The molecule has 0 radical (unpaired) electrons. The number of aliphatic hydroxyl groups excluding tert-OH is 2. The van der Waals surface area contributed by atoms with Gasteiger partial charge in [-0.3, -0.25) is 28.8 Å². The Morgan fingerprint density at radius 1 is 0.699 bits per heavy atom. The third-order valence-electron chi connectivity index (χ3n) is 26.4. The number of rotatable bonds is 29. The number of hydrogen-bond acceptors (Lipinski definition) is 34. The number of piperidine rings is 1. The number of carbonyl (C=O) groups is 8. The molecule has 2 bridgehead atoms. The normalized spacial score (nSPS) is 26.6. The van der Waals surface area contributed by atoms with E-state index in [4.69, 9.17) is 69.3 Å². The fraction of sp³-hybridized carbons (Fsp3) is 0.567. The Balaban J connectivity index is 0.490. The summed E-state index contributed by atoms with van der Waals surface area (Å²) in [5, 5.41) is 45.9. The first-order valence-corrected chi connectivity index (χ1v) is 47.1. The largest absolute Gasteiger partial charge is 0.459 e. The number of aliphatic hydroxyl groups is 3. The van der Waals surface area contributed by atoms with Crippen LogP contribution in [0.15, 0.2) is 120 Å². The number of allylic oxidation sites excluding steroid dienone is 6. The summed E-state index contributed by atoms with van der Waals surface area (Å²) < 4.78 is 60.2. The summed E-state index contributed by atoms with van der Waals surface area (Å²) >= 11 is 0. The summed E-state index contributed by atoms with van der Waals surface area (Å²) in [6.45, 7) is 16.9. The van der Waals surface area contributed by atoms with Gasteiger partial charge in [0.25, 0.3) is 23.6 Å². The van der Waals surface area contributed by atoms with Gasteiger partial charge in [0.2, 0.25) is 23.6 Å². The Hall–Kier alpha value is -11.5. The quantitative estimate of drug-likeness (QED) is 0.0101. The van der Waals surface area contributed by atoms with Crippen LogP contribution in [0.5, 0.6) is 0 Å². The number of nitrogens with one attached hydrogen (secondary N) is 2. The zero-order valence-corrected chi connectivity index (χ0v) is 78.8. The maximum atomic E-state index is 14.7. The van der Waals surface area contributed by atoms with Crippen LogP contribution in [0.25, 0.3) is 33.4 Å². The minimum absolute atomic E-state index is 0.0115. The van der Waals surface area contributed by atoms with Crippen molar-refractivity contribution in [3.63, 3.8) is 0 Å². The second-order valence-corrected chi connectivity index (χ2v) is 36.3.